The molecule has 0 bridgehead atoms. The Kier molecular flexibility index (Phi) is 3.26. The van der Waals surface area contributed by atoms with Crippen molar-refractivity contribution in [2.75, 3.05) is 0 Å². The third kappa shape index (κ3) is 2.46. The van der Waals surface area contributed by atoms with Gasteiger partial charge in [0.05, 0.1) is 6.10 Å². The fraction of sp³-hybridized carbons (Fsp3) is 1.00. The van der Waals surface area contributed by atoms with Crippen molar-refractivity contribution in [3.8, 4) is 0 Å². The molecule has 0 heterocycles. The quantitative estimate of drug-likeness (QED) is 0.651. The van der Waals surface area contributed by atoms with E-state index in [1.54, 1.807) is 0 Å². The zero-order valence-electron chi connectivity index (χ0n) is 8.54. The van der Waals surface area contributed by atoms with Gasteiger partial charge in [-0.15, -0.1) is 0 Å². The molecule has 2 rings (SSSR count). The van der Waals surface area contributed by atoms with E-state index in [1.807, 2.05) is 0 Å². The van der Waals surface area contributed by atoms with Gasteiger partial charge in [-0.25, -0.2) is 0 Å². The minimum absolute atomic E-state index is 0.0306. The summed E-state index contributed by atoms with van der Waals surface area (Å²) in [6.45, 7) is 0. The molecule has 1 nitrogen and oxygen atoms in total. The van der Waals surface area contributed by atoms with E-state index in [0.717, 1.165) is 12.3 Å². The van der Waals surface area contributed by atoms with Crippen LogP contribution < -0.4 is 0 Å². The van der Waals surface area contributed by atoms with Crippen LogP contribution in [0.5, 0.6) is 0 Å². The molecule has 2 fully saturated rings. The van der Waals surface area contributed by atoms with Crippen molar-refractivity contribution in [1.82, 2.24) is 0 Å². The van der Waals surface area contributed by atoms with Gasteiger partial charge in [0.15, 0.2) is 0 Å². The molecule has 2 unspecified atom stereocenters. The van der Waals surface area contributed by atoms with Gasteiger partial charge in [-0.3, -0.25) is 0 Å². The molecule has 2 aliphatic rings. The van der Waals surface area contributed by atoms with E-state index >= 15 is 0 Å². The summed E-state index contributed by atoms with van der Waals surface area (Å²) in [4.78, 5) is 0. The van der Waals surface area contributed by atoms with E-state index < -0.39 is 0 Å². The standard InChI is InChI=1S/C12H22O/c13-12-8-3-1-2-7-11(12)9-10-5-4-6-10/h10-13H,1-9H2. The number of aliphatic hydroxyl groups is 1. The molecule has 2 atom stereocenters. The van der Waals surface area contributed by atoms with E-state index in [1.165, 1.54) is 51.4 Å². The molecule has 0 aromatic heterocycles. The van der Waals surface area contributed by atoms with E-state index in [2.05, 4.69) is 0 Å². The molecule has 13 heavy (non-hydrogen) atoms. The normalized spacial score (nSPS) is 36.7. The summed E-state index contributed by atoms with van der Waals surface area (Å²) in [6.07, 6.45) is 12.0. The van der Waals surface area contributed by atoms with Gasteiger partial charge in [-0.05, 0) is 31.1 Å². The fourth-order valence-electron chi connectivity index (χ4n) is 2.80. The molecular formula is C12H22O. The fourth-order valence-corrected chi connectivity index (χ4v) is 2.80. The lowest BCUT2D eigenvalue weighted by atomic mass is 9.76. The summed E-state index contributed by atoms with van der Waals surface area (Å²) in [5.74, 6) is 1.62. The molecule has 76 valence electrons. The van der Waals surface area contributed by atoms with Crippen LogP contribution in [0.15, 0.2) is 0 Å². The lowest BCUT2D eigenvalue weighted by Crippen LogP contribution is -2.24. The molecule has 2 saturated carbocycles. The highest BCUT2D eigenvalue weighted by Crippen LogP contribution is 2.36. The first-order valence-corrected chi connectivity index (χ1v) is 6.04. The molecule has 2 aliphatic carbocycles. The maximum absolute atomic E-state index is 9.92. The molecule has 0 spiro atoms. The van der Waals surface area contributed by atoms with Crippen LogP contribution in [0.3, 0.4) is 0 Å². The van der Waals surface area contributed by atoms with Gasteiger partial charge in [0, 0.05) is 0 Å². The minimum atomic E-state index is 0.0306. The predicted molar refractivity (Wildman–Crippen MR) is 54.5 cm³/mol. The lowest BCUT2D eigenvalue weighted by molar-refractivity contribution is 0.0750. The summed E-state index contributed by atoms with van der Waals surface area (Å²) >= 11 is 0. The molecule has 0 amide bonds. The first-order chi connectivity index (χ1) is 6.36. The second-order valence-electron chi connectivity index (χ2n) is 5.00. The zero-order valence-corrected chi connectivity index (χ0v) is 8.54. The van der Waals surface area contributed by atoms with Crippen LogP contribution in [-0.2, 0) is 0 Å². The first-order valence-electron chi connectivity index (χ1n) is 6.04. The Balaban J connectivity index is 1.79. The summed E-state index contributed by atoms with van der Waals surface area (Å²) in [5.41, 5.74) is 0. The van der Waals surface area contributed by atoms with Crippen LogP contribution >= 0.6 is 0 Å². The van der Waals surface area contributed by atoms with Crippen molar-refractivity contribution in [1.29, 1.82) is 0 Å². The van der Waals surface area contributed by atoms with Gasteiger partial charge in [0.25, 0.3) is 0 Å². The average Bonchev–Trinajstić information content (AvgIpc) is 2.23. The van der Waals surface area contributed by atoms with Crippen molar-refractivity contribution in [2.45, 2.75) is 63.9 Å². The number of rotatable bonds is 2. The third-order valence-corrected chi connectivity index (χ3v) is 3.98. The molecular weight excluding hydrogens is 160 g/mol. The molecule has 0 aliphatic heterocycles. The number of hydrogen-bond acceptors (Lipinski definition) is 1. The van der Waals surface area contributed by atoms with Crippen LogP contribution in [0.1, 0.15) is 57.8 Å². The van der Waals surface area contributed by atoms with Gasteiger partial charge in [0.1, 0.15) is 0 Å². The zero-order chi connectivity index (χ0) is 9.10. The van der Waals surface area contributed by atoms with Gasteiger partial charge < -0.3 is 5.11 Å². The number of hydrogen-bond donors (Lipinski definition) is 1. The topological polar surface area (TPSA) is 20.2 Å². The van der Waals surface area contributed by atoms with Crippen LogP contribution in [0.4, 0.5) is 0 Å². The van der Waals surface area contributed by atoms with E-state index in [-0.39, 0.29) is 6.10 Å². The Labute approximate surface area is 81.5 Å². The molecule has 1 heteroatoms. The van der Waals surface area contributed by atoms with Gasteiger partial charge in [0.2, 0.25) is 0 Å². The highest BCUT2D eigenvalue weighted by Gasteiger charge is 2.27. The smallest absolute Gasteiger partial charge is 0.0568 e. The molecule has 1 N–H and O–H groups in total. The second kappa shape index (κ2) is 4.45. The van der Waals surface area contributed by atoms with Crippen molar-refractivity contribution < 1.29 is 5.11 Å². The SMILES string of the molecule is OC1CCCCCC1CC1CCC1. The minimum Gasteiger partial charge on any atom is -0.393 e. The van der Waals surface area contributed by atoms with Gasteiger partial charge in [-0.1, -0.05) is 38.5 Å². The highest BCUT2D eigenvalue weighted by molar-refractivity contribution is 4.79. The Bertz CT molecular complexity index is 151. The van der Waals surface area contributed by atoms with E-state index in [0.29, 0.717) is 5.92 Å². The van der Waals surface area contributed by atoms with Crippen LogP contribution in [0, 0.1) is 11.8 Å². The number of aliphatic hydroxyl groups excluding tert-OH is 1. The summed E-state index contributed by atoms with van der Waals surface area (Å²) in [7, 11) is 0. The van der Waals surface area contributed by atoms with Gasteiger partial charge in [-0.2, -0.15) is 0 Å². The Morgan fingerprint density at radius 3 is 2.31 bits per heavy atom. The molecule has 0 saturated heterocycles. The van der Waals surface area contributed by atoms with E-state index in [9.17, 15) is 5.11 Å². The maximum atomic E-state index is 9.92. The summed E-state index contributed by atoms with van der Waals surface area (Å²) in [5, 5.41) is 9.92. The summed E-state index contributed by atoms with van der Waals surface area (Å²) < 4.78 is 0. The Hall–Kier alpha value is -0.0400. The molecule has 0 radical (unpaired) electrons. The van der Waals surface area contributed by atoms with Crippen LogP contribution in [0.25, 0.3) is 0 Å². The Morgan fingerprint density at radius 1 is 0.846 bits per heavy atom. The second-order valence-corrected chi connectivity index (χ2v) is 5.00. The van der Waals surface area contributed by atoms with Crippen molar-refractivity contribution in [2.24, 2.45) is 11.8 Å². The lowest BCUT2D eigenvalue weighted by Gasteiger charge is -2.31. The monoisotopic (exact) mass is 182 g/mol. The van der Waals surface area contributed by atoms with Crippen molar-refractivity contribution >= 4 is 0 Å². The van der Waals surface area contributed by atoms with Crippen molar-refractivity contribution in [3.63, 3.8) is 0 Å². The predicted octanol–water partition coefficient (Wildman–Crippen LogP) is 3.12. The van der Waals surface area contributed by atoms with Gasteiger partial charge >= 0.3 is 0 Å². The van der Waals surface area contributed by atoms with Crippen LogP contribution in [0.2, 0.25) is 0 Å². The molecule has 0 aromatic rings. The first kappa shape index (κ1) is 9.51. The molecule has 0 aromatic carbocycles. The summed E-state index contributed by atoms with van der Waals surface area (Å²) in [6, 6.07) is 0. The Morgan fingerprint density at radius 2 is 1.62 bits per heavy atom. The van der Waals surface area contributed by atoms with Crippen LogP contribution in [-0.4, -0.2) is 11.2 Å². The third-order valence-electron chi connectivity index (χ3n) is 3.98. The maximum Gasteiger partial charge on any atom is 0.0568 e. The largest absolute Gasteiger partial charge is 0.393 e. The highest BCUT2D eigenvalue weighted by atomic mass is 16.3. The van der Waals surface area contributed by atoms with Crippen molar-refractivity contribution in [3.05, 3.63) is 0 Å². The average molecular weight is 182 g/mol. The van der Waals surface area contributed by atoms with E-state index in [4.69, 9.17) is 0 Å².